The first-order chi connectivity index (χ1) is 9.47. The molecular weight excluding hydrogens is 302 g/mol. The molecular formula is C14H11ClF2N2S. The highest BCUT2D eigenvalue weighted by Gasteiger charge is 2.06. The third-order valence-electron chi connectivity index (χ3n) is 2.72. The lowest BCUT2D eigenvalue weighted by atomic mass is 10.1. The highest BCUT2D eigenvalue weighted by atomic mass is 35.5. The summed E-state index contributed by atoms with van der Waals surface area (Å²) >= 11 is 10.4. The predicted octanol–water partition coefficient (Wildman–Crippen LogP) is 3.86. The molecule has 2 aromatic carbocycles. The van der Waals surface area contributed by atoms with Gasteiger partial charge in [0.2, 0.25) is 0 Å². The number of nitrogens with one attached hydrogen (secondary N) is 1. The summed E-state index contributed by atoms with van der Waals surface area (Å²) in [6.07, 6.45) is 0. The summed E-state index contributed by atoms with van der Waals surface area (Å²) in [5.41, 5.74) is 6.94. The minimum absolute atomic E-state index is 0.0133. The van der Waals surface area contributed by atoms with Gasteiger partial charge in [-0.1, -0.05) is 29.9 Å². The summed E-state index contributed by atoms with van der Waals surface area (Å²) < 4.78 is 26.7. The molecule has 0 bridgehead atoms. The van der Waals surface area contributed by atoms with Gasteiger partial charge in [0, 0.05) is 17.8 Å². The summed E-state index contributed by atoms with van der Waals surface area (Å²) in [6, 6.07) is 8.90. The van der Waals surface area contributed by atoms with Gasteiger partial charge in [-0.2, -0.15) is 0 Å². The highest BCUT2D eigenvalue weighted by Crippen LogP contribution is 2.18. The van der Waals surface area contributed by atoms with Crippen molar-refractivity contribution in [3.63, 3.8) is 0 Å². The van der Waals surface area contributed by atoms with Gasteiger partial charge in [0.15, 0.2) is 0 Å². The van der Waals surface area contributed by atoms with Gasteiger partial charge in [-0.05, 0) is 35.9 Å². The zero-order chi connectivity index (χ0) is 14.7. The van der Waals surface area contributed by atoms with Crippen LogP contribution in [0, 0.1) is 11.6 Å². The normalized spacial score (nSPS) is 10.3. The Labute approximate surface area is 125 Å². The highest BCUT2D eigenvalue weighted by molar-refractivity contribution is 7.80. The van der Waals surface area contributed by atoms with Crippen LogP contribution in [-0.4, -0.2) is 4.99 Å². The molecule has 2 nitrogen and oxygen atoms in total. The lowest BCUT2D eigenvalue weighted by Crippen LogP contribution is -2.12. The molecule has 0 amide bonds. The molecule has 0 saturated carbocycles. The second-order valence-corrected chi connectivity index (χ2v) is 5.01. The second-order valence-electron chi connectivity index (χ2n) is 4.16. The smallest absolute Gasteiger partial charge is 0.141 e. The summed E-state index contributed by atoms with van der Waals surface area (Å²) in [5.74, 6) is -0.957. The summed E-state index contributed by atoms with van der Waals surface area (Å²) in [4.78, 5) is 0.0133. The molecule has 104 valence electrons. The van der Waals surface area contributed by atoms with E-state index in [1.54, 1.807) is 12.1 Å². The molecule has 0 aliphatic rings. The molecule has 0 radical (unpaired) electrons. The van der Waals surface area contributed by atoms with Gasteiger partial charge in [-0.25, -0.2) is 8.78 Å². The molecule has 0 fully saturated rings. The Hall–Kier alpha value is -1.72. The molecule has 0 aromatic heterocycles. The Balaban J connectivity index is 2.09. The summed E-state index contributed by atoms with van der Waals surface area (Å²) in [7, 11) is 0. The Morgan fingerprint density at radius 3 is 2.50 bits per heavy atom. The van der Waals surface area contributed by atoms with Crippen molar-refractivity contribution in [2.24, 2.45) is 5.73 Å². The second kappa shape index (κ2) is 6.15. The lowest BCUT2D eigenvalue weighted by molar-refractivity contribution is 0.626. The van der Waals surface area contributed by atoms with Crippen molar-refractivity contribution >= 4 is 34.5 Å². The van der Waals surface area contributed by atoms with Crippen molar-refractivity contribution in [1.82, 2.24) is 0 Å². The van der Waals surface area contributed by atoms with Crippen LogP contribution < -0.4 is 11.1 Å². The maximum Gasteiger partial charge on any atom is 0.141 e. The van der Waals surface area contributed by atoms with Crippen LogP contribution in [-0.2, 0) is 6.54 Å². The van der Waals surface area contributed by atoms with Crippen LogP contribution in [0.25, 0.3) is 0 Å². The molecule has 0 aliphatic heterocycles. The molecule has 2 rings (SSSR count). The number of hydrogen-bond donors (Lipinski definition) is 2. The topological polar surface area (TPSA) is 38.0 Å². The first kappa shape index (κ1) is 14.7. The predicted molar refractivity (Wildman–Crippen MR) is 81.0 cm³/mol. The number of benzene rings is 2. The zero-order valence-electron chi connectivity index (χ0n) is 10.3. The fourth-order valence-corrected chi connectivity index (χ4v) is 2.05. The van der Waals surface area contributed by atoms with Gasteiger partial charge in [0.25, 0.3) is 0 Å². The van der Waals surface area contributed by atoms with E-state index in [1.807, 2.05) is 0 Å². The Morgan fingerprint density at radius 2 is 1.90 bits per heavy atom. The minimum Gasteiger partial charge on any atom is -0.389 e. The molecule has 0 unspecified atom stereocenters. The van der Waals surface area contributed by atoms with Crippen molar-refractivity contribution in [3.05, 3.63) is 64.2 Å². The summed E-state index contributed by atoms with van der Waals surface area (Å²) in [5, 5.41) is 3.06. The fourth-order valence-electron chi connectivity index (χ4n) is 1.68. The van der Waals surface area contributed by atoms with Gasteiger partial charge in [0.05, 0.1) is 5.02 Å². The quantitative estimate of drug-likeness (QED) is 0.842. The van der Waals surface area contributed by atoms with E-state index in [-0.39, 0.29) is 15.6 Å². The van der Waals surface area contributed by atoms with Crippen molar-refractivity contribution in [1.29, 1.82) is 0 Å². The van der Waals surface area contributed by atoms with Crippen LogP contribution >= 0.6 is 23.8 Å². The third-order valence-corrected chi connectivity index (χ3v) is 3.22. The Bertz CT molecular complexity index is 662. The molecule has 0 saturated heterocycles. The van der Waals surface area contributed by atoms with E-state index in [0.29, 0.717) is 12.2 Å². The minimum atomic E-state index is -0.486. The van der Waals surface area contributed by atoms with Crippen LogP contribution in [0.4, 0.5) is 14.5 Å². The van der Waals surface area contributed by atoms with Gasteiger partial charge in [-0.3, -0.25) is 0 Å². The number of thiocarbonyl (C=S) groups is 1. The molecule has 6 heteroatoms. The number of nitrogens with two attached hydrogens (primary N) is 1. The first-order valence-corrected chi connectivity index (χ1v) is 6.53. The molecule has 2 aromatic rings. The van der Waals surface area contributed by atoms with E-state index < -0.39 is 11.6 Å². The summed E-state index contributed by atoms with van der Waals surface area (Å²) in [6.45, 7) is 0.395. The fraction of sp³-hybridized carbons (Fsp3) is 0.0714. The van der Waals surface area contributed by atoms with Crippen molar-refractivity contribution < 1.29 is 8.78 Å². The average Bonchev–Trinajstić information content (AvgIpc) is 2.40. The largest absolute Gasteiger partial charge is 0.389 e. The number of anilines is 1. The van der Waals surface area contributed by atoms with E-state index in [4.69, 9.17) is 29.6 Å². The average molecular weight is 313 g/mol. The van der Waals surface area contributed by atoms with E-state index >= 15 is 0 Å². The van der Waals surface area contributed by atoms with Crippen LogP contribution in [0.1, 0.15) is 11.1 Å². The molecule has 0 aliphatic carbocycles. The first-order valence-electron chi connectivity index (χ1n) is 5.74. The van der Waals surface area contributed by atoms with E-state index in [1.165, 1.54) is 24.3 Å². The Morgan fingerprint density at radius 1 is 1.15 bits per heavy atom. The molecule has 0 atom stereocenters. The number of hydrogen-bond acceptors (Lipinski definition) is 2. The molecule has 20 heavy (non-hydrogen) atoms. The SMILES string of the molecule is NC(=S)c1ccc(NCc2ccc(F)c(Cl)c2)cc1F. The van der Waals surface area contributed by atoms with Crippen LogP contribution in [0.5, 0.6) is 0 Å². The van der Waals surface area contributed by atoms with Gasteiger partial charge in [0.1, 0.15) is 16.6 Å². The van der Waals surface area contributed by atoms with Gasteiger partial charge < -0.3 is 11.1 Å². The van der Waals surface area contributed by atoms with Gasteiger partial charge >= 0.3 is 0 Å². The lowest BCUT2D eigenvalue weighted by Gasteiger charge is -2.09. The number of rotatable bonds is 4. The van der Waals surface area contributed by atoms with Crippen LogP contribution in [0.3, 0.4) is 0 Å². The molecule has 0 heterocycles. The monoisotopic (exact) mass is 312 g/mol. The third kappa shape index (κ3) is 3.43. The van der Waals surface area contributed by atoms with Crippen molar-refractivity contribution in [2.75, 3.05) is 5.32 Å². The Kier molecular flexibility index (Phi) is 4.52. The van der Waals surface area contributed by atoms with Crippen molar-refractivity contribution in [2.45, 2.75) is 6.54 Å². The number of halogens is 3. The van der Waals surface area contributed by atoms with Crippen molar-refractivity contribution in [3.8, 4) is 0 Å². The van der Waals surface area contributed by atoms with Gasteiger partial charge in [-0.15, -0.1) is 0 Å². The van der Waals surface area contributed by atoms with E-state index in [9.17, 15) is 8.78 Å². The maximum atomic E-state index is 13.7. The van der Waals surface area contributed by atoms with Crippen LogP contribution in [0.15, 0.2) is 36.4 Å². The standard InChI is InChI=1S/C14H11ClF2N2S/c15-11-5-8(1-4-12(11)16)7-19-9-2-3-10(14(18)20)13(17)6-9/h1-6,19H,7H2,(H2,18,20). The molecule has 0 spiro atoms. The zero-order valence-corrected chi connectivity index (χ0v) is 11.9. The van der Waals surface area contributed by atoms with E-state index in [2.05, 4.69) is 5.32 Å². The maximum absolute atomic E-state index is 13.7. The molecule has 3 N–H and O–H groups in total. The van der Waals surface area contributed by atoms with E-state index in [0.717, 1.165) is 5.56 Å². The van der Waals surface area contributed by atoms with Crippen LogP contribution in [0.2, 0.25) is 5.02 Å².